The third-order valence-electron chi connectivity index (χ3n) is 2.46. The first-order valence-electron chi connectivity index (χ1n) is 5.34. The summed E-state index contributed by atoms with van der Waals surface area (Å²) in [5.41, 5.74) is 1.37. The van der Waals surface area contributed by atoms with Gasteiger partial charge >= 0.3 is 0 Å². The summed E-state index contributed by atoms with van der Waals surface area (Å²) in [6.45, 7) is 4.01. The Hall–Kier alpha value is -1.64. The van der Waals surface area contributed by atoms with Crippen molar-refractivity contribution >= 4 is 0 Å². The highest BCUT2D eigenvalue weighted by Gasteiger charge is 2.02. The monoisotopic (exact) mass is 202 g/mol. The van der Waals surface area contributed by atoms with Crippen LogP contribution >= 0.6 is 0 Å². The summed E-state index contributed by atoms with van der Waals surface area (Å²) in [7, 11) is 0. The summed E-state index contributed by atoms with van der Waals surface area (Å²) in [6.07, 6.45) is 4.98. The van der Waals surface area contributed by atoms with Gasteiger partial charge in [-0.3, -0.25) is 0 Å². The van der Waals surface area contributed by atoms with E-state index in [9.17, 15) is 0 Å². The molecule has 0 aliphatic carbocycles. The summed E-state index contributed by atoms with van der Waals surface area (Å²) >= 11 is 0. The number of benzene rings is 1. The number of rotatable bonds is 4. The zero-order valence-corrected chi connectivity index (χ0v) is 9.00. The zero-order chi connectivity index (χ0) is 10.5. The van der Waals surface area contributed by atoms with Crippen molar-refractivity contribution in [1.29, 1.82) is 0 Å². The van der Waals surface area contributed by atoms with E-state index < -0.39 is 0 Å². The molecule has 0 aliphatic rings. The Morgan fingerprint density at radius 2 is 2.07 bits per heavy atom. The summed E-state index contributed by atoms with van der Waals surface area (Å²) in [5, 5.41) is 4.23. The molecule has 0 N–H and O–H groups in total. The summed E-state index contributed by atoms with van der Waals surface area (Å²) < 4.78 is 4.06. The fourth-order valence-corrected chi connectivity index (χ4v) is 1.55. The van der Waals surface area contributed by atoms with E-state index in [1.165, 1.54) is 5.56 Å². The molecule has 0 radical (unpaired) electrons. The second-order valence-electron chi connectivity index (χ2n) is 3.58. The molecular weight excluding hydrogens is 186 g/mol. The van der Waals surface area contributed by atoms with Gasteiger partial charge in [0, 0.05) is 11.5 Å². The molecule has 0 saturated carbocycles. The molecule has 15 heavy (non-hydrogen) atoms. The van der Waals surface area contributed by atoms with Gasteiger partial charge in [-0.25, -0.2) is 4.57 Å². The van der Waals surface area contributed by atoms with Crippen LogP contribution in [0.15, 0.2) is 43.0 Å². The number of hydrogen-bond donors (Lipinski definition) is 0. The van der Waals surface area contributed by atoms with Gasteiger partial charge < -0.3 is 0 Å². The fourth-order valence-electron chi connectivity index (χ4n) is 1.55. The van der Waals surface area contributed by atoms with Gasteiger partial charge in [0.15, 0.2) is 0 Å². The van der Waals surface area contributed by atoms with E-state index in [0.29, 0.717) is 0 Å². The molecule has 0 fully saturated rings. The lowest BCUT2D eigenvalue weighted by Gasteiger charge is -1.97. The molecule has 2 aromatic rings. The predicted octanol–water partition coefficient (Wildman–Crippen LogP) is 1.43. The highest BCUT2D eigenvalue weighted by Crippen LogP contribution is 1.98. The van der Waals surface area contributed by atoms with Gasteiger partial charge in [0.1, 0.15) is 6.54 Å². The number of aryl methyl sites for hydroxylation is 3. The molecular formula is C12H16N3+. The van der Waals surface area contributed by atoms with E-state index >= 15 is 0 Å². The Morgan fingerprint density at radius 1 is 1.27 bits per heavy atom. The van der Waals surface area contributed by atoms with Gasteiger partial charge in [-0.05, 0) is 12.5 Å². The maximum absolute atomic E-state index is 4.23. The van der Waals surface area contributed by atoms with E-state index in [1.807, 2.05) is 23.4 Å². The maximum atomic E-state index is 4.23. The molecule has 1 aromatic carbocycles. The Bertz CT molecular complexity index is 406. The predicted molar refractivity (Wildman–Crippen MR) is 58.2 cm³/mol. The molecule has 0 atom stereocenters. The minimum atomic E-state index is 0.929. The molecule has 0 spiro atoms. The average Bonchev–Trinajstić information content (AvgIpc) is 2.76. The Kier molecular flexibility index (Phi) is 3.12. The van der Waals surface area contributed by atoms with Crippen LogP contribution in [0.1, 0.15) is 12.5 Å². The van der Waals surface area contributed by atoms with Gasteiger partial charge in [-0.2, -0.15) is 0 Å². The van der Waals surface area contributed by atoms with Crippen LogP contribution in [0.3, 0.4) is 0 Å². The van der Waals surface area contributed by atoms with Gasteiger partial charge in [0.2, 0.25) is 6.33 Å². The first kappa shape index (κ1) is 9.90. The van der Waals surface area contributed by atoms with E-state index in [-0.39, 0.29) is 0 Å². The smallest absolute Gasteiger partial charge is 0.237 e. The molecule has 0 bridgehead atoms. The quantitative estimate of drug-likeness (QED) is 0.687. The van der Waals surface area contributed by atoms with Crippen LogP contribution in [0, 0.1) is 0 Å². The van der Waals surface area contributed by atoms with Crippen molar-refractivity contribution in [3.05, 3.63) is 48.5 Å². The van der Waals surface area contributed by atoms with Crippen LogP contribution in [0.5, 0.6) is 0 Å². The van der Waals surface area contributed by atoms with Gasteiger partial charge in [-0.1, -0.05) is 30.3 Å². The number of aromatic nitrogens is 3. The number of hydrogen-bond acceptors (Lipinski definition) is 1. The third-order valence-corrected chi connectivity index (χ3v) is 2.46. The van der Waals surface area contributed by atoms with Crippen molar-refractivity contribution in [2.24, 2.45) is 0 Å². The summed E-state index contributed by atoms with van der Waals surface area (Å²) in [6, 6.07) is 10.5. The number of nitrogens with zero attached hydrogens (tertiary/aromatic N) is 3. The lowest BCUT2D eigenvalue weighted by atomic mass is 10.1. The van der Waals surface area contributed by atoms with Crippen LogP contribution in [-0.4, -0.2) is 9.78 Å². The molecule has 3 heteroatoms. The largest absolute Gasteiger partial charge is 0.265 e. The normalized spacial score (nSPS) is 10.5. The van der Waals surface area contributed by atoms with Gasteiger partial charge in [-0.15, -0.1) is 4.68 Å². The highest BCUT2D eigenvalue weighted by molar-refractivity contribution is 5.14. The van der Waals surface area contributed by atoms with Crippen LogP contribution in [0.2, 0.25) is 0 Å². The molecule has 1 aromatic heterocycles. The Labute approximate surface area is 90.0 Å². The second kappa shape index (κ2) is 4.73. The standard InChI is InChI=1S/C12H16N3/c1-2-15-11-14(10-13-15)9-8-12-6-4-3-5-7-12/h3-7,10-11H,2,8-9H2,1H3/q+1. The van der Waals surface area contributed by atoms with E-state index in [1.54, 1.807) is 0 Å². The van der Waals surface area contributed by atoms with Crippen LogP contribution < -0.4 is 4.57 Å². The van der Waals surface area contributed by atoms with Crippen molar-refractivity contribution in [2.75, 3.05) is 0 Å². The lowest BCUT2D eigenvalue weighted by molar-refractivity contribution is -0.697. The van der Waals surface area contributed by atoms with Crippen molar-refractivity contribution in [3.8, 4) is 0 Å². The van der Waals surface area contributed by atoms with Crippen molar-refractivity contribution in [2.45, 2.75) is 26.4 Å². The maximum Gasteiger partial charge on any atom is 0.265 e. The molecule has 0 aliphatic heterocycles. The molecule has 1 heterocycles. The van der Waals surface area contributed by atoms with Gasteiger partial charge in [0.25, 0.3) is 6.33 Å². The van der Waals surface area contributed by atoms with E-state index in [4.69, 9.17) is 0 Å². The van der Waals surface area contributed by atoms with Gasteiger partial charge in [0.05, 0.1) is 6.54 Å². The third kappa shape index (κ3) is 2.65. The Balaban J connectivity index is 1.93. The molecule has 2 rings (SSSR count). The minimum Gasteiger partial charge on any atom is -0.237 e. The van der Waals surface area contributed by atoms with Crippen LogP contribution in [0.25, 0.3) is 0 Å². The topological polar surface area (TPSA) is 21.7 Å². The van der Waals surface area contributed by atoms with Crippen molar-refractivity contribution in [3.63, 3.8) is 0 Å². The van der Waals surface area contributed by atoms with Crippen LogP contribution in [-0.2, 0) is 19.5 Å². The molecule has 0 unspecified atom stereocenters. The highest BCUT2D eigenvalue weighted by atomic mass is 15.3. The SMILES string of the molecule is CCn1c[n+](CCc2ccccc2)cn1. The first-order chi connectivity index (χ1) is 7.38. The fraction of sp³-hybridized carbons (Fsp3) is 0.333. The molecule has 3 nitrogen and oxygen atoms in total. The zero-order valence-electron chi connectivity index (χ0n) is 9.00. The summed E-state index contributed by atoms with van der Waals surface area (Å²) in [4.78, 5) is 0. The minimum absolute atomic E-state index is 0.929. The molecule has 0 saturated heterocycles. The molecule has 0 amide bonds. The van der Waals surface area contributed by atoms with Crippen molar-refractivity contribution in [1.82, 2.24) is 9.78 Å². The average molecular weight is 202 g/mol. The Morgan fingerprint density at radius 3 is 2.73 bits per heavy atom. The van der Waals surface area contributed by atoms with E-state index in [2.05, 4.69) is 40.9 Å². The second-order valence-corrected chi connectivity index (χ2v) is 3.58. The summed E-state index contributed by atoms with van der Waals surface area (Å²) in [5.74, 6) is 0. The van der Waals surface area contributed by atoms with Crippen molar-refractivity contribution < 1.29 is 4.57 Å². The van der Waals surface area contributed by atoms with Crippen LogP contribution in [0.4, 0.5) is 0 Å². The molecule has 78 valence electrons. The van der Waals surface area contributed by atoms with E-state index in [0.717, 1.165) is 19.5 Å². The lowest BCUT2D eigenvalue weighted by Crippen LogP contribution is -2.32. The first-order valence-corrected chi connectivity index (χ1v) is 5.34.